The van der Waals surface area contributed by atoms with Gasteiger partial charge in [-0.1, -0.05) is 0 Å². The highest BCUT2D eigenvalue weighted by Crippen LogP contribution is 2.31. The van der Waals surface area contributed by atoms with E-state index in [0.29, 0.717) is 16.9 Å². The van der Waals surface area contributed by atoms with Crippen molar-refractivity contribution in [1.82, 2.24) is 24.7 Å². The monoisotopic (exact) mass is 508 g/mol. The number of aliphatic carboxylic acids is 1. The van der Waals surface area contributed by atoms with Crippen LogP contribution in [0.25, 0.3) is 22.3 Å². The van der Waals surface area contributed by atoms with Crippen LogP contribution in [0.5, 0.6) is 5.75 Å². The summed E-state index contributed by atoms with van der Waals surface area (Å²) in [6.07, 6.45) is 1.74. The summed E-state index contributed by atoms with van der Waals surface area (Å²) in [4.78, 5) is 20.5. The van der Waals surface area contributed by atoms with E-state index in [1.165, 1.54) is 6.33 Å². The van der Waals surface area contributed by atoms with Crippen LogP contribution in [0.4, 0.5) is 13.2 Å². The summed E-state index contributed by atoms with van der Waals surface area (Å²) in [7, 11) is 0. The number of hydrogen-bond donors (Lipinski definition) is 2. The molecule has 1 aromatic carbocycles. The fourth-order valence-electron chi connectivity index (χ4n) is 3.29. The Morgan fingerprint density at radius 1 is 1.19 bits per heavy atom. The highest BCUT2D eigenvalue weighted by atomic mass is 19.4. The number of H-pyrrole nitrogens is 1. The summed E-state index contributed by atoms with van der Waals surface area (Å²) in [6, 6.07) is 12.5. The van der Waals surface area contributed by atoms with E-state index < -0.39 is 18.2 Å². The predicted molar refractivity (Wildman–Crippen MR) is 119 cm³/mol. The first-order chi connectivity index (χ1) is 17.7. The van der Waals surface area contributed by atoms with Crippen molar-refractivity contribution in [1.29, 1.82) is 15.8 Å². The Bertz CT molecular complexity index is 1540. The number of hydrogen-bond acceptors (Lipinski definition) is 8. The minimum Gasteiger partial charge on any atom is -0.479 e. The van der Waals surface area contributed by atoms with Gasteiger partial charge in [0, 0.05) is 23.3 Å². The van der Waals surface area contributed by atoms with Gasteiger partial charge in [-0.3, -0.25) is 4.68 Å². The molecule has 0 spiro atoms. The topological polar surface area (TPSA) is 177 Å². The third kappa shape index (κ3) is 6.18. The maximum Gasteiger partial charge on any atom is 0.490 e. The summed E-state index contributed by atoms with van der Waals surface area (Å²) in [5, 5.41) is 40.1. The highest BCUT2D eigenvalue weighted by Gasteiger charge is 2.38. The Kier molecular flexibility index (Phi) is 8.02. The van der Waals surface area contributed by atoms with Crippen LogP contribution in [-0.2, 0) is 4.79 Å². The van der Waals surface area contributed by atoms with Crippen LogP contribution >= 0.6 is 0 Å². The van der Waals surface area contributed by atoms with Crippen LogP contribution in [0.2, 0.25) is 0 Å². The third-order valence-corrected chi connectivity index (χ3v) is 4.88. The maximum absolute atomic E-state index is 10.6. The lowest BCUT2D eigenvalue weighted by Crippen LogP contribution is -2.21. The van der Waals surface area contributed by atoms with Crippen LogP contribution < -0.4 is 4.74 Å². The number of ether oxygens (including phenoxy) is 1. The van der Waals surface area contributed by atoms with Gasteiger partial charge in [-0.05, 0) is 29.8 Å². The number of rotatable bonds is 6. The fourth-order valence-corrected chi connectivity index (χ4v) is 3.29. The number of aromatic amines is 1. The summed E-state index contributed by atoms with van der Waals surface area (Å²) < 4.78 is 38.7. The van der Waals surface area contributed by atoms with Crippen LogP contribution in [0.3, 0.4) is 0 Å². The van der Waals surface area contributed by atoms with Gasteiger partial charge in [0.2, 0.25) is 0 Å². The van der Waals surface area contributed by atoms with Crippen molar-refractivity contribution in [3.05, 3.63) is 60.3 Å². The zero-order chi connectivity index (χ0) is 27.0. The first-order valence-electron chi connectivity index (χ1n) is 10.2. The van der Waals surface area contributed by atoms with Gasteiger partial charge in [0.15, 0.2) is 6.61 Å². The molecule has 0 radical (unpaired) electrons. The molecular weight excluding hydrogens is 493 g/mol. The molecular formula is C23H15F3N8O3. The Hall–Kier alpha value is -5.42. The Morgan fingerprint density at radius 2 is 1.95 bits per heavy atom. The Morgan fingerprint density at radius 3 is 2.59 bits per heavy atom. The lowest BCUT2D eigenvalue weighted by atomic mass is 9.98. The van der Waals surface area contributed by atoms with E-state index in [0.717, 1.165) is 22.3 Å². The number of carboxylic acids is 1. The van der Waals surface area contributed by atoms with Gasteiger partial charge in [0.05, 0.1) is 42.1 Å². The van der Waals surface area contributed by atoms with E-state index in [9.17, 15) is 23.7 Å². The number of carboxylic acid groups (broad SMARTS) is 1. The SMILES string of the molecule is N#CCOc1ccc(C#N)c(C(CC#N)n2cc(-c3ncnc4[nH]ccc34)cn2)c1.O=C(O)C(F)(F)F. The van der Waals surface area contributed by atoms with E-state index >= 15 is 0 Å². The molecule has 0 saturated heterocycles. The van der Waals surface area contributed by atoms with Crippen LogP contribution in [0, 0.1) is 34.0 Å². The minimum absolute atomic E-state index is 0.0981. The molecule has 3 heterocycles. The summed E-state index contributed by atoms with van der Waals surface area (Å²) in [5.41, 5.74) is 3.20. The minimum atomic E-state index is -5.08. The summed E-state index contributed by atoms with van der Waals surface area (Å²) >= 11 is 0. The second kappa shape index (κ2) is 11.3. The number of nitrogens with zero attached hydrogens (tertiary/aromatic N) is 7. The first-order valence-corrected chi connectivity index (χ1v) is 10.2. The van der Waals surface area contributed by atoms with Gasteiger partial charge in [0.25, 0.3) is 0 Å². The highest BCUT2D eigenvalue weighted by molar-refractivity contribution is 5.90. The smallest absolute Gasteiger partial charge is 0.479 e. The molecule has 0 fully saturated rings. The largest absolute Gasteiger partial charge is 0.490 e. The molecule has 1 atom stereocenters. The van der Waals surface area contributed by atoms with Crippen molar-refractivity contribution in [2.45, 2.75) is 18.6 Å². The van der Waals surface area contributed by atoms with Crippen molar-refractivity contribution in [2.75, 3.05) is 6.61 Å². The molecule has 0 aliphatic carbocycles. The molecule has 11 nitrogen and oxygen atoms in total. The number of alkyl halides is 3. The molecule has 0 amide bonds. The molecule has 0 saturated carbocycles. The molecule has 4 aromatic rings. The van der Waals surface area contributed by atoms with Gasteiger partial charge in [0.1, 0.15) is 23.8 Å². The van der Waals surface area contributed by atoms with Gasteiger partial charge in [-0.2, -0.15) is 34.1 Å². The quantitative estimate of drug-likeness (QED) is 0.393. The van der Waals surface area contributed by atoms with E-state index in [2.05, 4.69) is 32.2 Å². The van der Waals surface area contributed by atoms with Crippen LogP contribution in [-0.4, -0.2) is 48.6 Å². The maximum atomic E-state index is 10.6. The average Bonchev–Trinajstić information content (AvgIpc) is 3.55. The molecule has 37 heavy (non-hydrogen) atoms. The van der Waals surface area contributed by atoms with Crippen molar-refractivity contribution >= 4 is 17.0 Å². The number of halogens is 3. The van der Waals surface area contributed by atoms with E-state index in [-0.39, 0.29) is 13.0 Å². The zero-order valence-corrected chi connectivity index (χ0v) is 18.6. The first kappa shape index (κ1) is 26.2. The van der Waals surface area contributed by atoms with Gasteiger partial charge >= 0.3 is 12.1 Å². The van der Waals surface area contributed by atoms with Gasteiger partial charge < -0.3 is 14.8 Å². The normalized spacial score (nSPS) is 11.4. The van der Waals surface area contributed by atoms with Crippen molar-refractivity contribution in [3.63, 3.8) is 0 Å². The molecule has 0 bridgehead atoms. The van der Waals surface area contributed by atoms with Crippen LogP contribution in [0.1, 0.15) is 23.6 Å². The van der Waals surface area contributed by atoms with E-state index in [1.807, 2.05) is 12.1 Å². The number of nitrogens with one attached hydrogen (secondary N) is 1. The van der Waals surface area contributed by atoms with E-state index in [4.69, 9.17) is 19.9 Å². The Labute approximate surface area is 206 Å². The predicted octanol–water partition coefficient (Wildman–Crippen LogP) is 3.73. The number of carbonyl (C=O) groups is 1. The zero-order valence-electron chi connectivity index (χ0n) is 18.6. The third-order valence-electron chi connectivity index (χ3n) is 4.88. The van der Waals surface area contributed by atoms with Crippen molar-refractivity contribution < 1.29 is 27.8 Å². The molecule has 186 valence electrons. The van der Waals surface area contributed by atoms with Gasteiger partial charge in [-0.15, -0.1) is 0 Å². The molecule has 14 heteroatoms. The van der Waals surface area contributed by atoms with Crippen molar-refractivity contribution in [3.8, 4) is 35.2 Å². The Balaban J connectivity index is 0.000000479. The lowest BCUT2D eigenvalue weighted by Gasteiger charge is -2.17. The molecule has 1 unspecified atom stereocenters. The summed E-state index contributed by atoms with van der Waals surface area (Å²) in [5.74, 6) is -2.31. The molecule has 4 rings (SSSR count). The van der Waals surface area contributed by atoms with Crippen LogP contribution in [0.15, 0.2) is 49.2 Å². The molecule has 0 aliphatic heterocycles. The van der Waals surface area contributed by atoms with Crippen molar-refractivity contribution in [2.24, 2.45) is 0 Å². The fraction of sp³-hybridized carbons (Fsp3) is 0.174. The molecule has 0 aliphatic rings. The number of nitriles is 3. The molecule has 2 N–H and O–H groups in total. The number of benzene rings is 1. The van der Waals surface area contributed by atoms with E-state index in [1.54, 1.807) is 41.5 Å². The second-order valence-corrected chi connectivity index (χ2v) is 7.16. The molecule has 3 aromatic heterocycles. The lowest BCUT2D eigenvalue weighted by molar-refractivity contribution is -0.192. The van der Waals surface area contributed by atoms with Gasteiger partial charge in [-0.25, -0.2) is 14.8 Å². The number of fused-ring (bicyclic) bond motifs is 1. The second-order valence-electron chi connectivity index (χ2n) is 7.16. The standard InChI is InChI=1S/C21H14N8O.C2HF3O2/c22-5-3-19(18-9-16(30-8-6-23)2-1-14(18)10-24)29-12-15(11-28-29)20-17-4-7-25-21(17)27-13-26-20;3-2(4,5)1(6)7/h1-2,4,7,9,11-13,19H,3,8H2,(H,25,26,27);(H,6,7). The number of aromatic nitrogens is 5. The average molecular weight is 508 g/mol. The summed E-state index contributed by atoms with van der Waals surface area (Å²) in [6.45, 7) is -0.111.